The van der Waals surface area contributed by atoms with Gasteiger partial charge in [0.25, 0.3) is 0 Å². The van der Waals surface area contributed by atoms with E-state index < -0.39 is 0 Å². The number of hydrogen-bond acceptors (Lipinski definition) is 2. The van der Waals surface area contributed by atoms with Crippen molar-refractivity contribution in [2.45, 2.75) is 6.42 Å². The second kappa shape index (κ2) is 4.57. The van der Waals surface area contributed by atoms with Crippen LogP contribution in [-0.2, 0) is 13.5 Å². The molecule has 1 aromatic carbocycles. The summed E-state index contributed by atoms with van der Waals surface area (Å²) in [7, 11) is 1.87. The standard InChI is InChI=1S/C10H9Cl2N3S/c1-15-9(13-14-10(15)16)5-6-2-3-7(11)8(12)4-6/h2-4H,5H2,1H3,(H,14,16). The van der Waals surface area contributed by atoms with Gasteiger partial charge in [0.15, 0.2) is 4.77 Å². The summed E-state index contributed by atoms with van der Waals surface area (Å²) in [6.07, 6.45) is 0.667. The van der Waals surface area contributed by atoms with Gasteiger partial charge in [-0.2, -0.15) is 5.10 Å². The van der Waals surface area contributed by atoms with Crippen LogP contribution in [0.1, 0.15) is 11.4 Å². The highest BCUT2D eigenvalue weighted by Gasteiger charge is 2.05. The largest absolute Gasteiger partial charge is 0.307 e. The molecule has 1 aromatic heterocycles. The molecule has 0 fully saturated rings. The highest BCUT2D eigenvalue weighted by molar-refractivity contribution is 7.71. The van der Waals surface area contributed by atoms with Gasteiger partial charge < -0.3 is 4.57 Å². The van der Waals surface area contributed by atoms with E-state index in [1.54, 1.807) is 6.07 Å². The number of hydrogen-bond donors (Lipinski definition) is 1. The molecule has 3 nitrogen and oxygen atoms in total. The molecule has 0 aliphatic heterocycles. The van der Waals surface area contributed by atoms with Gasteiger partial charge in [0.1, 0.15) is 5.82 Å². The molecule has 6 heteroatoms. The van der Waals surface area contributed by atoms with Crippen LogP contribution in [0.5, 0.6) is 0 Å². The van der Waals surface area contributed by atoms with Crippen LogP contribution in [0.2, 0.25) is 10.0 Å². The van der Waals surface area contributed by atoms with Gasteiger partial charge in [0.05, 0.1) is 10.0 Å². The van der Waals surface area contributed by atoms with E-state index in [2.05, 4.69) is 10.2 Å². The summed E-state index contributed by atoms with van der Waals surface area (Å²) in [6.45, 7) is 0. The second-order valence-corrected chi connectivity index (χ2v) is 4.63. The Morgan fingerprint density at radius 1 is 1.38 bits per heavy atom. The Labute approximate surface area is 108 Å². The Bertz CT molecular complexity index is 574. The Morgan fingerprint density at radius 2 is 2.12 bits per heavy atom. The average molecular weight is 274 g/mol. The summed E-state index contributed by atoms with van der Waals surface area (Å²) in [5.41, 5.74) is 1.05. The van der Waals surface area contributed by atoms with Gasteiger partial charge in [-0.25, -0.2) is 0 Å². The van der Waals surface area contributed by atoms with Gasteiger partial charge in [-0.05, 0) is 29.9 Å². The number of H-pyrrole nitrogens is 1. The lowest BCUT2D eigenvalue weighted by atomic mass is 10.1. The minimum atomic E-state index is 0.552. The van der Waals surface area contributed by atoms with E-state index in [0.29, 0.717) is 21.2 Å². The predicted molar refractivity (Wildman–Crippen MR) is 67.7 cm³/mol. The summed E-state index contributed by atoms with van der Waals surface area (Å²) in [4.78, 5) is 0. The highest BCUT2D eigenvalue weighted by atomic mass is 35.5. The van der Waals surface area contributed by atoms with Crippen molar-refractivity contribution in [3.63, 3.8) is 0 Å². The maximum atomic E-state index is 5.94. The van der Waals surface area contributed by atoms with Crippen LogP contribution in [0.4, 0.5) is 0 Å². The van der Waals surface area contributed by atoms with Crippen molar-refractivity contribution in [3.05, 3.63) is 44.4 Å². The maximum Gasteiger partial charge on any atom is 0.194 e. The number of aromatic nitrogens is 3. The van der Waals surface area contributed by atoms with Gasteiger partial charge >= 0.3 is 0 Å². The van der Waals surface area contributed by atoms with E-state index >= 15 is 0 Å². The summed E-state index contributed by atoms with van der Waals surface area (Å²) < 4.78 is 2.44. The quantitative estimate of drug-likeness (QED) is 0.852. The number of nitrogens with zero attached hydrogens (tertiary/aromatic N) is 2. The molecule has 0 aliphatic carbocycles. The van der Waals surface area contributed by atoms with E-state index in [1.165, 1.54) is 0 Å². The van der Waals surface area contributed by atoms with Gasteiger partial charge in [0, 0.05) is 13.5 Å². The lowest BCUT2D eigenvalue weighted by Crippen LogP contribution is -1.99. The average Bonchev–Trinajstić information content (AvgIpc) is 2.55. The lowest BCUT2D eigenvalue weighted by molar-refractivity contribution is 0.813. The molecule has 0 saturated heterocycles. The van der Waals surface area contributed by atoms with Crippen LogP contribution in [0.3, 0.4) is 0 Å². The fourth-order valence-electron chi connectivity index (χ4n) is 1.37. The van der Waals surface area contributed by atoms with Crippen molar-refractivity contribution >= 4 is 35.4 Å². The molecule has 2 aromatic rings. The molecule has 0 aliphatic rings. The zero-order valence-electron chi connectivity index (χ0n) is 8.50. The first kappa shape index (κ1) is 11.6. The van der Waals surface area contributed by atoms with Crippen molar-refractivity contribution in [1.82, 2.24) is 14.8 Å². The van der Waals surface area contributed by atoms with Crippen LogP contribution in [-0.4, -0.2) is 14.8 Å². The van der Waals surface area contributed by atoms with Crippen LogP contribution in [0.25, 0.3) is 0 Å². The van der Waals surface area contributed by atoms with E-state index in [0.717, 1.165) is 11.4 Å². The third kappa shape index (κ3) is 2.29. The van der Waals surface area contributed by atoms with Gasteiger partial charge in [-0.3, -0.25) is 5.10 Å². The van der Waals surface area contributed by atoms with Crippen LogP contribution >= 0.6 is 35.4 Å². The van der Waals surface area contributed by atoms with Crippen LogP contribution in [0, 0.1) is 4.77 Å². The van der Waals surface area contributed by atoms with Crippen molar-refractivity contribution in [2.24, 2.45) is 7.05 Å². The molecule has 2 rings (SSSR count). The summed E-state index contributed by atoms with van der Waals surface area (Å²) in [5, 5.41) is 7.98. The number of aromatic amines is 1. The predicted octanol–water partition coefficient (Wildman–Crippen LogP) is 3.38. The lowest BCUT2D eigenvalue weighted by Gasteiger charge is -2.02. The fourth-order valence-corrected chi connectivity index (χ4v) is 1.84. The number of benzene rings is 1. The fraction of sp³-hybridized carbons (Fsp3) is 0.200. The molecule has 16 heavy (non-hydrogen) atoms. The molecule has 0 unspecified atom stereocenters. The monoisotopic (exact) mass is 273 g/mol. The Kier molecular flexibility index (Phi) is 3.33. The Morgan fingerprint density at radius 3 is 2.69 bits per heavy atom. The van der Waals surface area contributed by atoms with E-state index in [-0.39, 0.29) is 0 Å². The van der Waals surface area contributed by atoms with E-state index in [9.17, 15) is 0 Å². The van der Waals surface area contributed by atoms with Gasteiger partial charge in [0.2, 0.25) is 0 Å². The Balaban J connectivity index is 2.31. The van der Waals surface area contributed by atoms with E-state index in [4.69, 9.17) is 35.4 Å². The third-order valence-corrected chi connectivity index (χ3v) is 3.42. The zero-order valence-corrected chi connectivity index (χ0v) is 10.8. The summed E-state index contributed by atoms with van der Waals surface area (Å²) >= 11 is 16.8. The summed E-state index contributed by atoms with van der Waals surface area (Å²) in [6, 6.07) is 5.54. The van der Waals surface area contributed by atoms with Crippen LogP contribution in [0.15, 0.2) is 18.2 Å². The molecule has 1 N–H and O–H groups in total. The molecular weight excluding hydrogens is 265 g/mol. The first-order chi connectivity index (χ1) is 7.58. The number of halogens is 2. The molecular formula is C10H9Cl2N3S. The van der Waals surface area contributed by atoms with Crippen LogP contribution < -0.4 is 0 Å². The molecule has 0 amide bonds. The van der Waals surface area contributed by atoms with E-state index in [1.807, 2.05) is 23.7 Å². The van der Waals surface area contributed by atoms with Crippen molar-refractivity contribution < 1.29 is 0 Å². The number of rotatable bonds is 2. The summed E-state index contributed by atoms with van der Waals surface area (Å²) in [5.74, 6) is 0.864. The van der Waals surface area contributed by atoms with Crippen molar-refractivity contribution in [1.29, 1.82) is 0 Å². The molecule has 0 bridgehead atoms. The van der Waals surface area contributed by atoms with Crippen molar-refractivity contribution in [2.75, 3.05) is 0 Å². The zero-order chi connectivity index (χ0) is 11.7. The molecule has 84 valence electrons. The maximum absolute atomic E-state index is 5.94. The molecule has 0 atom stereocenters. The minimum absolute atomic E-state index is 0.552. The Hall–Kier alpha value is -0.840. The minimum Gasteiger partial charge on any atom is -0.307 e. The first-order valence-electron chi connectivity index (χ1n) is 4.62. The SMILES string of the molecule is Cn1c(Cc2ccc(Cl)c(Cl)c2)n[nH]c1=S. The smallest absolute Gasteiger partial charge is 0.194 e. The topological polar surface area (TPSA) is 33.6 Å². The molecule has 0 saturated carbocycles. The third-order valence-electron chi connectivity index (χ3n) is 2.32. The molecule has 1 heterocycles. The number of nitrogens with one attached hydrogen (secondary N) is 1. The molecule has 0 radical (unpaired) electrons. The second-order valence-electron chi connectivity index (χ2n) is 3.43. The highest BCUT2D eigenvalue weighted by Crippen LogP contribution is 2.23. The molecule has 0 spiro atoms. The first-order valence-corrected chi connectivity index (χ1v) is 5.78. The van der Waals surface area contributed by atoms with Gasteiger partial charge in [-0.1, -0.05) is 29.3 Å². The van der Waals surface area contributed by atoms with Crippen molar-refractivity contribution in [3.8, 4) is 0 Å². The normalized spacial score (nSPS) is 10.7. The van der Waals surface area contributed by atoms with Gasteiger partial charge in [-0.15, -0.1) is 0 Å².